The molecule has 0 unspecified atom stereocenters. The molecule has 23 heavy (non-hydrogen) atoms. The van der Waals surface area contributed by atoms with Crippen molar-refractivity contribution in [1.82, 2.24) is 19.5 Å². The van der Waals surface area contributed by atoms with E-state index in [0.717, 1.165) is 17.0 Å². The maximum Gasteiger partial charge on any atom is 0.165 e. The minimum Gasteiger partial charge on any atom is -0.364 e. The lowest BCUT2D eigenvalue weighted by Gasteiger charge is -2.20. The molecule has 0 fully saturated rings. The van der Waals surface area contributed by atoms with Gasteiger partial charge in [0, 0.05) is 12.1 Å². The Labute approximate surface area is 137 Å². The topological polar surface area (TPSA) is 55.6 Å². The van der Waals surface area contributed by atoms with E-state index >= 15 is 0 Å². The Hall–Kier alpha value is -2.43. The highest BCUT2D eigenvalue weighted by Gasteiger charge is 2.18. The second-order valence-corrected chi connectivity index (χ2v) is 6.30. The largest absolute Gasteiger partial charge is 0.364 e. The molecular weight excluding hydrogens is 286 g/mol. The Balaban J connectivity index is 2.29. The van der Waals surface area contributed by atoms with Crippen LogP contribution in [0.2, 0.25) is 0 Å². The minimum absolute atomic E-state index is 0.0672. The summed E-state index contributed by atoms with van der Waals surface area (Å²) < 4.78 is 2.07. The number of rotatable bonds is 5. The van der Waals surface area contributed by atoms with Crippen molar-refractivity contribution in [2.45, 2.75) is 40.2 Å². The maximum atomic E-state index is 4.50. The second-order valence-electron chi connectivity index (χ2n) is 6.30. The van der Waals surface area contributed by atoms with E-state index in [1.807, 2.05) is 38.4 Å². The zero-order chi connectivity index (χ0) is 16.9. The molecule has 0 atom stereocenters. The predicted octanol–water partition coefficient (Wildman–Crippen LogP) is 4.07. The van der Waals surface area contributed by atoms with Gasteiger partial charge in [-0.25, -0.2) is 15.0 Å². The van der Waals surface area contributed by atoms with E-state index in [2.05, 4.69) is 57.8 Å². The van der Waals surface area contributed by atoms with Crippen LogP contribution in [-0.2, 0) is 5.54 Å². The van der Waals surface area contributed by atoms with Gasteiger partial charge >= 0.3 is 0 Å². The minimum atomic E-state index is -0.0672. The number of imidazole rings is 1. The number of fused-ring (bicyclic) bond motifs is 1. The molecule has 0 saturated heterocycles. The summed E-state index contributed by atoms with van der Waals surface area (Å²) in [6.07, 6.45) is 13.6. The van der Waals surface area contributed by atoms with Gasteiger partial charge in [0.2, 0.25) is 0 Å². The lowest BCUT2D eigenvalue weighted by atomic mass is 10.1. The second kappa shape index (κ2) is 7.22. The molecule has 2 rings (SSSR count). The lowest BCUT2D eigenvalue weighted by Crippen LogP contribution is -2.21. The van der Waals surface area contributed by atoms with Crippen LogP contribution in [0, 0.1) is 0 Å². The highest BCUT2D eigenvalue weighted by molar-refractivity contribution is 5.83. The first-order chi connectivity index (χ1) is 11.0. The van der Waals surface area contributed by atoms with Gasteiger partial charge in [-0.15, -0.1) is 0 Å². The summed E-state index contributed by atoms with van der Waals surface area (Å²) in [5.41, 5.74) is 2.75. The summed E-state index contributed by atoms with van der Waals surface area (Å²) >= 11 is 0. The normalized spacial score (nSPS) is 13.5. The molecule has 0 aliphatic heterocycles. The van der Waals surface area contributed by atoms with Gasteiger partial charge in [-0.2, -0.15) is 0 Å². The van der Waals surface area contributed by atoms with Crippen molar-refractivity contribution in [3.8, 4) is 0 Å². The average Bonchev–Trinajstić information content (AvgIpc) is 2.94. The molecular formula is C18H25N5. The monoisotopic (exact) mass is 311 g/mol. The first kappa shape index (κ1) is 16.9. The number of hydrogen-bond acceptors (Lipinski definition) is 4. The Morgan fingerprint density at radius 1 is 1.17 bits per heavy atom. The first-order valence-corrected chi connectivity index (χ1v) is 7.84. The van der Waals surface area contributed by atoms with Crippen molar-refractivity contribution in [3.63, 3.8) is 0 Å². The third-order valence-electron chi connectivity index (χ3n) is 3.40. The fraction of sp³-hybridized carbons (Fsp3) is 0.389. The maximum absolute atomic E-state index is 4.50. The van der Waals surface area contributed by atoms with Gasteiger partial charge in [0.1, 0.15) is 11.8 Å². The summed E-state index contributed by atoms with van der Waals surface area (Å²) in [4.78, 5) is 13.2. The van der Waals surface area contributed by atoms with Crippen LogP contribution >= 0.6 is 0 Å². The number of anilines is 1. The van der Waals surface area contributed by atoms with Gasteiger partial charge in [0.25, 0.3) is 0 Å². The molecule has 0 radical (unpaired) electrons. The van der Waals surface area contributed by atoms with Crippen LogP contribution in [0.15, 0.2) is 48.6 Å². The number of nitrogens with zero attached hydrogens (tertiary/aromatic N) is 4. The van der Waals surface area contributed by atoms with E-state index in [4.69, 9.17) is 0 Å². The average molecular weight is 311 g/mol. The zero-order valence-corrected chi connectivity index (χ0v) is 14.5. The highest BCUT2D eigenvalue weighted by atomic mass is 15.2. The molecule has 0 aliphatic carbocycles. The lowest BCUT2D eigenvalue weighted by molar-refractivity contribution is 0.406. The van der Waals surface area contributed by atoms with Crippen LogP contribution in [0.5, 0.6) is 0 Å². The fourth-order valence-corrected chi connectivity index (χ4v) is 2.25. The summed E-state index contributed by atoms with van der Waals surface area (Å²) in [7, 11) is 0. The number of nitrogens with one attached hydrogen (secondary N) is 1. The zero-order valence-electron chi connectivity index (χ0n) is 14.5. The van der Waals surface area contributed by atoms with Crippen LogP contribution < -0.4 is 5.32 Å². The highest BCUT2D eigenvalue weighted by Crippen LogP contribution is 2.23. The van der Waals surface area contributed by atoms with E-state index in [1.165, 1.54) is 5.57 Å². The van der Waals surface area contributed by atoms with Crippen molar-refractivity contribution in [3.05, 3.63) is 48.6 Å². The van der Waals surface area contributed by atoms with Crippen molar-refractivity contribution < 1.29 is 0 Å². The van der Waals surface area contributed by atoms with Gasteiger partial charge in [0.05, 0.1) is 6.33 Å². The molecule has 5 heteroatoms. The van der Waals surface area contributed by atoms with E-state index in [-0.39, 0.29) is 5.54 Å². The SMILES string of the molecule is C\C=C/C=C(\C=C/C)CNc1ncnc2c1ncn2C(C)(C)C. The molecule has 0 saturated carbocycles. The van der Waals surface area contributed by atoms with Crippen LogP contribution in [0.1, 0.15) is 34.6 Å². The Kier molecular flexibility index (Phi) is 5.32. The van der Waals surface area contributed by atoms with Crippen molar-refractivity contribution in [2.75, 3.05) is 11.9 Å². The Morgan fingerprint density at radius 3 is 2.61 bits per heavy atom. The molecule has 0 bridgehead atoms. The van der Waals surface area contributed by atoms with E-state index in [1.54, 1.807) is 6.33 Å². The number of aromatic nitrogens is 4. The molecule has 0 aliphatic rings. The number of hydrogen-bond donors (Lipinski definition) is 1. The van der Waals surface area contributed by atoms with Crippen molar-refractivity contribution in [1.29, 1.82) is 0 Å². The molecule has 2 aromatic heterocycles. The van der Waals surface area contributed by atoms with Gasteiger partial charge in [-0.1, -0.05) is 30.4 Å². The molecule has 1 N–H and O–H groups in total. The van der Waals surface area contributed by atoms with Crippen LogP contribution in [0.4, 0.5) is 5.82 Å². The summed E-state index contributed by atoms with van der Waals surface area (Å²) in [5.74, 6) is 0.758. The molecule has 122 valence electrons. The molecule has 0 spiro atoms. The van der Waals surface area contributed by atoms with Crippen molar-refractivity contribution in [2.24, 2.45) is 0 Å². The number of allylic oxidation sites excluding steroid dienone is 4. The van der Waals surface area contributed by atoms with Gasteiger partial charge in [0.15, 0.2) is 11.5 Å². The van der Waals surface area contributed by atoms with E-state index < -0.39 is 0 Å². The summed E-state index contributed by atoms with van der Waals surface area (Å²) in [6.45, 7) is 11.1. The van der Waals surface area contributed by atoms with Crippen LogP contribution in [0.25, 0.3) is 11.2 Å². The Bertz CT molecular complexity index is 744. The van der Waals surface area contributed by atoms with Gasteiger partial charge < -0.3 is 9.88 Å². The third-order valence-corrected chi connectivity index (χ3v) is 3.40. The first-order valence-electron chi connectivity index (χ1n) is 7.84. The molecule has 0 aromatic carbocycles. The smallest absolute Gasteiger partial charge is 0.165 e. The Morgan fingerprint density at radius 2 is 1.96 bits per heavy atom. The quantitative estimate of drug-likeness (QED) is 0.846. The summed E-state index contributed by atoms with van der Waals surface area (Å²) in [5, 5.41) is 3.37. The van der Waals surface area contributed by atoms with E-state index in [9.17, 15) is 0 Å². The van der Waals surface area contributed by atoms with Crippen molar-refractivity contribution >= 4 is 17.0 Å². The molecule has 0 amide bonds. The van der Waals surface area contributed by atoms with Gasteiger partial charge in [-0.3, -0.25) is 0 Å². The standard InChI is InChI=1S/C18H25N5/c1-6-8-10-14(9-7-2)11-19-16-15-17(21-12-20-16)23(13-22-15)18(3,4)5/h6-10,12-13H,11H2,1-5H3,(H,19,20,21)/b8-6-,9-7-,14-10+. The fourth-order valence-electron chi connectivity index (χ4n) is 2.25. The van der Waals surface area contributed by atoms with Crippen LogP contribution in [-0.4, -0.2) is 26.1 Å². The molecule has 2 aromatic rings. The summed E-state index contributed by atoms with van der Waals surface area (Å²) in [6, 6.07) is 0. The third kappa shape index (κ3) is 4.06. The molecule has 2 heterocycles. The van der Waals surface area contributed by atoms with Crippen LogP contribution in [0.3, 0.4) is 0 Å². The van der Waals surface area contributed by atoms with E-state index in [0.29, 0.717) is 6.54 Å². The predicted molar refractivity (Wildman–Crippen MR) is 96.5 cm³/mol. The molecule has 5 nitrogen and oxygen atoms in total. The van der Waals surface area contributed by atoms with Gasteiger partial charge in [-0.05, 0) is 40.2 Å².